The number of methoxy groups -OCH3 is 1. The van der Waals surface area contributed by atoms with Crippen LogP contribution in [0.4, 0.5) is 0 Å². The summed E-state index contributed by atoms with van der Waals surface area (Å²) in [5.41, 5.74) is 0. The van der Waals surface area contributed by atoms with Gasteiger partial charge in [0.2, 0.25) is 0 Å². The lowest BCUT2D eigenvalue weighted by molar-refractivity contribution is -0.356. The molecule has 0 radical (unpaired) electrons. The van der Waals surface area contributed by atoms with Gasteiger partial charge in [-0.3, -0.25) is 9.11 Å². The molecule has 0 aromatic carbocycles. The minimum Gasteiger partial charge on any atom is -0.479 e. The van der Waals surface area contributed by atoms with Gasteiger partial charge in [0.1, 0.15) is 61.0 Å². The summed E-state index contributed by atoms with van der Waals surface area (Å²) in [5.74, 6) is -1.85. The van der Waals surface area contributed by atoms with Crippen LogP contribution in [0.1, 0.15) is 6.92 Å². The third-order valence-corrected chi connectivity index (χ3v) is 8.35. The molecule has 6 unspecified atom stereocenters. The molecular weight excluding hydrogens is 652 g/mol. The number of carboxylic acid groups (broad SMARTS) is 1. The summed E-state index contributed by atoms with van der Waals surface area (Å²) in [5, 5.41) is 72.3. The van der Waals surface area contributed by atoms with E-state index in [1.165, 1.54) is 6.92 Å². The third kappa shape index (κ3) is 8.55. The fraction of sp³-hybridized carbons (Fsp3) is 0.950. The summed E-state index contributed by atoms with van der Waals surface area (Å²) in [4.78, 5) is 12.2. The highest BCUT2D eigenvalue weighted by molar-refractivity contribution is 7.84. The van der Waals surface area contributed by atoms with Crippen LogP contribution in [0.3, 0.4) is 0 Å². The Balaban J connectivity index is 1.87. The molecule has 258 valence electrons. The van der Waals surface area contributed by atoms with Crippen LogP contribution in [-0.2, 0) is 53.8 Å². The second kappa shape index (κ2) is 14.7. The van der Waals surface area contributed by atoms with Gasteiger partial charge in [-0.15, -0.1) is 0 Å². The van der Waals surface area contributed by atoms with Gasteiger partial charge in [0.15, 0.2) is 18.7 Å². The zero-order valence-corrected chi connectivity index (χ0v) is 24.5. The van der Waals surface area contributed by atoms with Gasteiger partial charge >= 0.3 is 26.6 Å². The second-order valence-corrected chi connectivity index (χ2v) is 12.5. The first kappa shape index (κ1) is 37.2. The van der Waals surface area contributed by atoms with Crippen LogP contribution in [0.2, 0.25) is 0 Å². The molecule has 3 heterocycles. The molecule has 3 aliphatic heterocycles. The fourth-order valence-electron chi connectivity index (χ4n) is 5.17. The Hall–Kier alpha value is -1.27. The van der Waals surface area contributed by atoms with Crippen LogP contribution in [0.15, 0.2) is 0 Å². The molecule has 3 saturated heterocycles. The average molecular weight is 689 g/mol. The molecule has 0 aliphatic carbocycles. The first-order chi connectivity index (χ1) is 20.3. The Kier molecular flexibility index (Phi) is 12.4. The van der Waals surface area contributed by atoms with E-state index in [4.69, 9.17) is 33.0 Å². The minimum absolute atomic E-state index is 0.831. The normalized spacial score (nSPS) is 43.9. The number of hydrogen-bond donors (Lipinski definition) is 11. The van der Waals surface area contributed by atoms with Crippen molar-refractivity contribution in [2.75, 3.05) is 20.3 Å². The van der Waals surface area contributed by atoms with Crippen molar-refractivity contribution in [3.05, 3.63) is 0 Å². The van der Waals surface area contributed by atoms with Crippen LogP contribution < -0.4 is 9.44 Å². The van der Waals surface area contributed by atoms with Crippen LogP contribution in [0, 0.1) is 0 Å². The van der Waals surface area contributed by atoms with Gasteiger partial charge < -0.3 is 64.2 Å². The van der Waals surface area contributed by atoms with E-state index in [-0.39, 0.29) is 0 Å². The van der Waals surface area contributed by atoms with Gasteiger partial charge in [-0.1, -0.05) is 0 Å². The third-order valence-electron chi connectivity index (χ3n) is 7.21. The van der Waals surface area contributed by atoms with Crippen molar-refractivity contribution in [2.24, 2.45) is 0 Å². The molecule has 11 N–H and O–H groups in total. The summed E-state index contributed by atoms with van der Waals surface area (Å²) < 4.78 is 99.6. The molecule has 0 saturated carbocycles. The van der Waals surface area contributed by atoms with Crippen LogP contribution in [0.5, 0.6) is 0 Å². The maximum absolute atomic E-state index is 12.2. The van der Waals surface area contributed by atoms with E-state index < -0.39 is 132 Å². The number of aliphatic hydroxyl groups excluding tert-OH is 6. The molecule has 44 heavy (non-hydrogen) atoms. The Labute approximate surface area is 250 Å². The molecule has 3 aliphatic rings. The number of hydrogen-bond acceptors (Lipinski definition) is 17. The summed E-state index contributed by atoms with van der Waals surface area (Å²) in [6.45, 7) is -0.391. The van der Waals surface area contributed by atoms with E-state index in [0.717, 1.165) is 7.11 Å². The number of ether oxygens (including phenoxy) is 6. The van der Waals surface area contributed by atoms with Gasteiger partial charge in [-0.2, -0.15) is 26.3 Å². The van der Waals surface area contributed by atoms with Crippen molar-refractivity contribution >= 4 is 26.6 Å². The van der Waals surface area contributed by atoms with E-state index in [9.17, 15) is 61.9 Å². The summed E-state index contributed by atoms with van der Waals surface area (Å²) >= 11 is 0. The van der Waals surface area contributed by atoms with Crippen LogP contribution in [0.25, 0.3) is 0 Å². The van der Waals surface area contributed by atoms with E-state index in [1.807, 2.05) is 0 Å². The van der Waals surface area contributed by atoms with E-state index >= 15 is 0 Å². The van der Waals surface area contributed by atoms with Gasteiger partial charge in [-0.05, 0) is 6.92 Å². The highest BCUT2D eigenvalue weighted by Crippen LogP contribution is 2.33. The highest BCUT2D eigenvalue weighted by Gasteiger charge is 2.55. The molecule has 24 heteroatoms. The average Bonchev–Trinajstić information content (AvgIpc) is 2.91. The van der Waals surface area contributed by atoms with Gasteiger partial charge in [0.05, 0.1) is 25.4 Å². The van der Waals surface area contributed by atoms with Crippen LogP contribution in [-0.4, -0.2) is 180 Å². The zero-order valence-electron chi connectivity index (χ0n) is 22.9. The fourth-order valence-corrected chi connectivity index (χ4v) is 6.44. The predicted octanol–water partition coefficient (Wildman–Crippen LogP) is -6.96. The monoisotopic (exact) mass is 688 g/mol. The Bertz CT molecular complexity index is 1190. The lowest BCUT2D eigenvalue weighted by Gasteiger charge is -2.48. The summed E-state index contributed by atoms with van der Waals surface area (Å²) in [6, 6.07) is -3.51. The van der Waals surface area contributed by atoms with Crippen molar-refractivity contribution in [3.63, 3.8) is 0 Å². The molecule has 0 amide bonds. The van der Waals surface area contributed by atoms with E-state index in [1.54, 1.807) is 9.44 Å². The molecular formula is C20H36N2O20S2. The van der Waals surface area contributed by atoms with Gasteiger partial charge in [0.25, 0.3) is 0 Å². The highest BCUT2D eigenvalue weighted by atomic mass is 32.2. The van der Waals surface area contributed by atoms with Crippen molar-refractivity contribution in [3.8, 4) is 0 Å². The Morgan fingerprint density at radius 3 is 1.73 bits per heavy atom. The maximum atomic E-state index is 12.2. The number of nitrogens with one attached hydrogen (secondary N) is 2. The van der Waals surface area contributed by atoms with Crippen molar-refractivity contribution in [2.45, 2.75) is 98.7 Å². The minimum atomic E-state index is -5.08. The number of aliphatic hydroxyl groups is 6. The molecule has 0 aromatic heterocycles. The largest absolute Gasteiger partial charge is 0.479 e. The van der Waals surface area contributed by atoms with Gasteiger partial charge in [-0.25, -0.2) is 4.79 Å². The topological polar surface area (TPSA) is 347 Å². The number of rotatable bonds is 12. The zero-order chi connectivity index (χ0) is 33.3. The predicted molar refractivity (Wildman–Crippen MR) is 135 cm³/mol. The quantitative estimate of drug-likeness (QED) is 0.0848. The first-order valence-electron chi connectivity index (χ1n) is 12.8. The molecule has 0 spiro atoms. The molecule has 3 rings (SSSR count). The molecule has 0 bridgehead atoms. The smallest absolute Gasteiger partial charge is 0.335 e. The van der Waals surface area contributed by atoms with Crippen molar-refractivity contribution in [1.82, 2.24) is 9.44 Å². The number of carbonyl (C=O) groups is 1. The maximum Gasteiger partial charge on any atom is 0.335 e. The molecule has 15 atom stereocenters. The second-order valence-electron chi connectivity index (χ2n) is 10.2. The lowest BCUT2D eigenvalue weighted by Crippen LogP contribution is -2.69. The molecule has 3 fully saturated rings. The summed E-state index contributed by atoms with van der Waals surface area (Å²) in [7, 11) is -8.90. The number of aliphatic carboxylic acids is 1. The van der Waals surface area contributed by atoms with Crippen LogP contribution >= 0.6 is 0 Å². The number of carboxylic acids is 1. The summed E-state index contributed by atoms with van der Waals surface area (Å²) in [6.07, 6.45) is -24.0. The Morgan fingerprint density at radius 1 is 0.727 bits per heavy atom. The van der Waals surface area contributed by atoms with E-state index in [0.29, 0.717) is 0 Å². The van der Waals surface area contributed by atoms with Gasteiger partial charge in [0, 0.05) is 7.11 Å². The molecule has 0 aromatic rings. The molecule has 22 nitrogen and oxygen atoms in total. The van der Waals surface area contributed by atoms with Crippen molar-refractivity contribution in [1.29, 1.82) is 0 Å². The SMILES string of the molecule is CO[C@@H]1C(CO)O[C@@H](O[C@@H]2C(C(=O)O)O[C@@H](O[C@@H]3C(CO)O[C@@H](C)[C@@H](NS(=O)(=O)O)C3O)[C@@H](O)C2O)C(NS(=O)(=O)O)[C@H]1O. The lowest BCUT2D eigenvalue weighted by atomic mass is 9.93. The Morgan fingerprint density at radius 2 is 1.23 bits per heavy atom. The first-order valence-corrected chi connectivity index (χ1v) is 15.7. The van der Waals surface area contributed by atoms with E-state index in [2.05, 4.69) is 0 Å². The van der Waals surface area contributed by atoms with Crippen molar-refractivity contribution < 1.29 is 94.9 Å². The standard InChI is InChI=1S/C20H36N2O20S2/c1-5-8(21-43(31,32)33)10(25)15(7(4-24)38-5)40-20-13(28)12(27)16(17(42-20)18(29)30)41-19-9(22-44(34,35)36)11(26)14(37-2)6(3-23)39-19/h5-17,19-28H,3-4H2,1-2H3,(H,29,30)(H,31,32,33)(H,34,35,36)/t5-,6?,7?,8+,9?,10?,11+,12?,13-,14+,15+,16-,17?,19-,20+/m0/s1.